The monoisotopic (exact) mass is 169 g/mol. The van der Waals surface area contributed by atoms with E-state index >= 15 is 0 Å². The quantitative estimate of drug-likeness (QED) is 0.698. The molecule has 0 heterocycles. The van der Waals surface area contributed by atoms with Crippen molar-refractivity contribution in [2.45, 2.75) is 51.5 Å². The molecule has 1 aliphatic rings. The van der Waals surface area contributed by atoms with Crippen LogP contribution in [0.2, 0.25) is 0 Å². The number of nitrogens with two attached hydrogens (primary N) is 1. The molecule has 0 saturated heterocycles. The van der Waals surface area contributed by atoms with Crippen molar-refractivity contribution in [1.29, 1.82) is 0 Å². The Balaban J connectivity index is 2.24. The molecule has 1 aliphatic carbocycles. The molecule has 70 valence electrons. The molecule has 0 spiro atoms. The van der Waals surface area contributed by atoms with Crippen LogP contribution < -0.4 is 5.73 Å². The van der Waals surface area contributed by atoms with Crippen molar-refractivity contribution in [2.75, 3.05) is 0 Å². The first-order chi connectivity index (χ1) is 5.74. The Hall–Kier alpha value is -0.370. The van der Waals surface area contributed by atoms with Crippen molar-refractivity contribution in [3.63, 3.8) is 0 Å². The molecular formula is C10H19NO. The minimum absolute atomic E-state index is 0.182. The molecule has 2 N–H and O–H groups in total. The maximum atomic E-state index is 11.2. The zero-order valence-corrected chi connectivity index (χ0v) is 7.88. The smallest absolute Gasteiger partial charge is 0.149 e. The maximum Gasteiger partial charge on any atom is 0.149 e. The third-order valence-electron chi connectivity index (χ3n) is 2.82. The largest absolute Gasteiger partial charge is 0.322 e. The fraction of sp³-hybridized carbons (Fsp3) is 0.900. The van der Waals surface area contributed by atoms with E-state index in [4.69, 9.17) is 5.73 Å². The van der Waals surface area contributed by atoms with Crippen LogP contribution in [0.15, 0.2) is 0 Å². The van der Waals surface area contributed by atoms with Gasteiger partial charge in [-0.25, -0.2) is 0 Å². The van der Waals surface area contributed by atoms with Crippen LogP contribution in [-0.2, 0) is 4.79 Å². The highest BCUT2D eigenvalue weighted by molar-refractivity contribution is 5.83. The fourth-order valence-corrected chi connectivity index (χ4v) is 2.00. The summed E-state index contributed by atoms with van der Waals surface area (Å²) in [5.41, 5.74) is 5.76. The molecular weight excluding hydrogens is 150 g/mol. The zero-order chi connectivity index (χ0) is 8.97. The van der Waals surface area contributed by atoms with Crippen LogP contribution in [0.4, 0.5) is 0 Å². The number of rotatable bonds is 4. The summed E-state index contributed by atoms with van der Waals surface area (Å²) < 4.78 is 0. The molecule has 1 atom stereocenters. The minimum atomic E-state index is -0.182. The lowest BCUT2D eigenvalue weighted by Crippen LogP contribution is -2.31. The van der Waals surface area contributed by atoms with Gasteiger partial charge in [0.25, 0.3) is 0 Å². The van der Waals surface area contributed by atoms with Crippen molar-refractivity contribution in [3.8, 4) is 0 Å². The molecule has 0 bridgehead atoms. The highest BCUT2D eigenvalue weighted by atomic mass is 16.1. The van der Waals surface area contributed by atoms with Crippen molar-refractivity contribution in [2.24, 2.45) is 11.7 Å². The summed E-state index contributed by atoms with van der Waals surface area (Å²) >= 11 is 0. The van der Waals surface area contributed by atoms with E-state index in [0.717, 1.165) is 12.3 Å². The number of hydrogen-bond acceptors (Lipinski definition) is 2. The van der Waals surface area contributed by atoms with Crippen LogP contribution in [0.5, 0.6) is 0 Å². The number of carbonyl (C=O) groups excluding carboxylic acids is 1. The van der Waals surface area contributed by atoms with Gasteiger partial charge in [-0.3, -0.25) is 4.79 Å². The van der Waals surface area contributed by atoms with Gasteiger partial charge in [-0.2, -0.15) is 0 Å². The predicted octanol–water partition coefficient (Wildman–Crippen LogP) is 1.87. The van der Waals surface area contributed by atoms with Gasteiger partial charge in [-0.15, -0.1) is 0 Å². The molecule has 1 saturated carbocycles. The second-order valence-electron chi connectivity index (χ2n) is 3.81. The van der Waals surface area contributed by atoms with Crippen LogP contribution >= 0.6 is 0 Å². The minimum Gasteiger partial charge on any atom is -0.322 e. The third kappa shape index (κ3) is 2.59. The van der Waals surface area contributed by atoms with Crippen LogP contribution in [0.25, 0.3) is 0 Å². The lowest BCUT2D eigenvalue weighted by molar-refractivity contribution is -0.120. The summed E-state index contributed by atoms with van der Waals surface area (Å²) in [5, 5.41) is 0. The summed E-state index contributed by atoms with van der Waals surface area (Å²) in [6.07, 6.45) is 6.74. The standard InChI is InChI=1S/C10H19NO/c1-2-10(12)9(11)7-8-5-3-4-6-8/h8-9H,2-7,11H2,1H3. The summed E-state index contributed by atoms with van der Waals surface area (Å²) in [7, 11) is 0. The van der Waals surface area contributed by atoms with Crippen LogP contribution in [0, 0.1) is 5.92 Å². The Morgan fingerprint density at radius 1 is 1.50 bits per heavy atom. The van der Waals surface area contributed by atoms with Gasteiger partial charge >= 0.3 is 0 Å². The predicted molar refractivity (Wildman–Crippen MR) is 49.8 cm³/mol. The van der Waals surface area contributed by atoms with Gasteiger partial charge in [0.15, 0.2) is 0 Å². The first-order valence-electron chi connectivity index (χ1n) is 5.02. The van der Waals surface area contributed by atoms with Crippen molar-refractivity contribution in [3.05, 3.63) is 0 Å². The van der Waals surface area contributed by atoms with E-state index in [1.165, 1.54) is 25.7 Å². The molecule has 0 aromatic carbocycles. The van der Waals surface area contributed by atoms with E-state index in [0.29, 0.717) is 6.42 Å². The molecule has 0 radical (unpaired) electrons. The van der Waals surface area contributed by atoms with Crippen molar-refractivity contribution >= 4 is 5.78 Å². The number of ketones is 1. The Kier molecular flexibility index (Phi) is 3.73. The van der Waals surface area contributed by atoms with E-state index in [2.05, 4.69) is 0 Å². The van der Waals surface area contributed by atoms with E-state index in [-0.39, 0.29) is 11.8 Å². The van der Waals surface area contributed by atoms with Crippen LogP contribution in [-0.4, -0.2) is 11.8 Å². The first-order valence-corrected chi connectivity index (χ1v) is 5.02. The van der Waals surface area contributed by atoms with Crippen LogP contribution in [0.3, 0.4) is 0 Å². The van der Waals surface area contributed by atoms with E-state index in [1.54, 1.807) is 0 Å². The SMILES string of the molecule is CCC(=O)C(N)CC1CCCC1. The summed E-state index contributed by atoms with van der Waals surface area (Å²) in [6.45, 7) is 1.89. The number of Topliss-reactive ketones (excluding diaryl/α,β-unsaturated/α-hetero) is 1. The highest BCUT2D eigenvalue weighted by Gasteiger charge is 2.20. The van der Waals surface area contributed by atoms with Gasteiger partial charge in [0.05, 0.1) is 6.04 Å². The van der Waals surface area contributed by atoms with Gasteiger partial charge in [0.1, 0.15) is 5.78 Å². The molecule has 12 heavy (non-hydrogen) atoms. The molecule has 0 amide bonds. The van der Waals surface area contributed by atoms with Gasteiger partial charge in [-0.1, -0.05) is 32.6 Å². The zero-order valence-electron chi connectivity index (χ0n) is 7.88. The Morgan fingerprint density at radius 3 is 2.58 bits per heavy atom. The van der Waals surface area contributed by atoms with E-state index in [9.17, 15) is 4.79 Å². The average molecular weight is 169 g/mol. The normalized spacial score (nSPS) is 21.2. The molecule has 0 aromatic rings. The topological polar surface area (TPSA) is 43.1 Å². The molecule has 1 fully saturated rings. The van der Waals surface area contributed by atoms with Gasteiger partial charge < -0.3 is 5.73 Å². The summed E-state index contributed by atoms with van der Waals surface area (Å²) in [6, 6.07) is -0.182. The van der Waals surface area contributed by atoms with E-state index in [1.807, 2.05) is 6.92 Å². The van der Waals surface area contributed by atoms with Crippen molar-refractivity contribution in [1.82, 2.24) is 0 Å². The second kappa shape index (κ2) is 4.61. The van der Waals surface area contributed by atoms with Gasteiger partial charge in [-0.05, 0) is 12.3 Å². The van der Waals surface area contributed by atoms with Crippen LogP contribution in [0.1, 0.15) is 45.4 Å². The molecule has 2 heteroatoms. The maximum absolute atomic E-state index is 11.2. The van der Waals surface area contributed by atoms with E-state index < -0.39 is 0 Å². The highest BCUT2D eigenvalue weighted by Crippen LogP contribution is 2.28. The number of hydrogen-bond donors (Lipinski definition) is 1. The lowest BCUT2D eigenvalue weighted by Gasteiger charge is -2.13. The third-order valence-corrected chi connectivity index (χ3v) is 2.82. The van der Waals surface area contributed by atoms with Crippen molar-refractivity contribution < 1.29 is 4.79 Å². The Bertz CT molecular complexity index is 150. The second-order valence-corrected chi connectivity index (χ2v) is 3.81. The average Bonchev–Trinajstić information content (AvgIpc) is 2.55. The summed E-state index contributed by atoms with van der Waals surface area (Å²) in [4.78, 5) is 11.2. The molecule has 2 nitrogen and oxygen atoms in total. The first kappa shape index (κ1) is 9.72. The fourth-order valence-electron chi connectivity index (χ4n) is 2.00. The Morgan fingerprint density at radius 2 is 2.08 bits per heavy atom. The Labute approximate surface area is 74.5 Å². The molecule has 0 aromatic heterocycles. The summed E-state index contributed by atoms with van der Waals surface area (Å²) in [5.74, 6) is 0.956. The lowest BCUT2D eigenvalue weighted by atomic mass is 9.96. The van der Waals surface area contributed by atoms with Gasteiger partial charge in [0, 0.05) is 6.42 Å². The van der Waals surface area contributed by atoms with Gasteiger partial charge in [0.2, 0.25) is 0 Å². The molecule has 1 unspecified atom stereocenters. The molecule has 1 rings (SSSR count). The molecule has 0 aliphatic heterocycles. The number of carbonyl (C=O) groups is 1.